The summed E-state index contributed by atoms with van der Waals surface area (Å²) in [5.41, 5.74) is 6.71. The van der Waals surface area contributed by atoms with Crippen molar-refractivity contribution in [3.8, 4) is 0 Å². The van der Waals surface area contributed by atoms with Crippen molar-refractivity contribution in [2.75, 3.05) is 19.8 Å². The number of nitrogens with two attached hydrogens (primary N) is 1. The number of hydrogen-bond donors (Lipinski definition) is 1. The van der Waals surface area contributed by atoms with Crippen molar-refractivity contribution in [2.45, 2.75) is 6.92 Å². The van der Waals surface area contributed by atoms with Crippen LogP contribution in [-0.4, -0.2) is 19.8 Å². The van der Waals surface area contributed by atoms with Crippen LogP contribution in [0.4, 0.5) is 0 Å². The smallest absolute Gasteiger partial charge is 0.0580 e. The fraction of sp³-hybridized carbons (Fsp3) is 0.714. The Morgan fingerprint density at radius 2 is 2.33 bits per heavy atom. The van der Waals surface area contributed by atoms with E-state index in [9.17, 15) is 0 Å². The van der Waals surface area contributed by atoms with Crippen LogP contribution in [0.3, 0.4) is 0 Å². The van der Waals surface area contributed by atoms with E-state index in [1.165, 1.54) is 0 Å². The summed E-state index contributed by atoms with van der Waals surface area (Å²) < 4.78 is 5.04. The van der Waals surface area contributed by atoms with Gasteiger partial charge in [0, 0.05) is 12.0 Å². The topological polar surface area (TPSA) is 35.2 Å². The molecule has 2 heteroatoms. The lowest BCUT2D eigenvalue weighted by atomic mass is 9.81. The molecule has 52 valence electrons. The summed E-state index contributed by atoms with van der Waals surface area (Å²) in [5.74, 6) is 0. The van der Waals surface area contributed by atoms with E-state index in [2.05, 4.69) is 13.5 Å². The Balaban J connectivity index is 2.49. The maximum Gasteiger partial charge on any atom is 0.0580 e. The fourth-order valence-corrected chi connectivity index (χ4v) is 0.859. The zero-order valence-electron chi connectivity index (χ0n) is 5.81. The highest BCUT2D eigenvalue weighted by Crippen LogP contribution is 2.32. The van der Waals surface area contributed by atoms with E-state index in [1.54, 1.807) is 0 Å². The Morgan fingerprint density at radius 3 is 2.44 bits per heavy atom. The molecule has 0 radical (unpaired) electrons. The van der Waals surface area contributed by atoms with Crippen LogP contribution in [0.25, 0.3) is 0 Å². The molecule has 1 aliphatic rings. The Hall–Kier alpha value is -0.340. The van der Waals surface area contributed by atoms with Gasteiger partial charge in [-0.05, 0) is 0 Å². The zero-order chi connectivity index (χ0) is 6.91. The molecule has 0 spiro atoms. The summed E-state index contributed by atoms with van der Waals surface area (Å²) in [6.45, 7) is 8.17. The van der Waals surface area contributed by atoms with Crippen molar-refractivity contribution >= 4 is 0 Å². The highest BCUT2D eigenvalue weighted by atomic mass is 16.5. The largest absolute Gasteiger partial charge is 0.379 e. The highest BCUT2D eigenvalue weighted by Gasteiger charge is 2.35. The van der Waals surface area contributed by atoms with E-state index >= 15 is 0 Å². The van der Waals surface area contributed by atoms with Crippen molar-refractivity contribution in [1.29, 1.82) is 0 Å². The molecule has 1 heterocycles. The minimum absolute atomic E-state index is 0.189. The van der Waals surface area contributed by atoms with Gasteiger partial charge < -0.3 is 10.5 Å². The van der Waals surface area contributed by atoms with E-state index in [0.717, 1.165) is 18.8 Å². The van der Waals surface area contributed by atoms with Gasteiger partial charge in [-0.15, -0.1) is 0 Å². The lowest BCUT2D eigenvalue weighted by Gasteiger charge is -2.39. The third kappa shape index (κ3) is 1.00. The molecule has 1 fully saturated rings. The number of ether oxygens (including phenoxy) is 1. The first-order valence-corrected chi connectivity index (χ1v) is 3.15. The highest BCUT2D eigenvalue weighted by molar-refractivity contribution is 5.13. The summed E-state index contributed by atoms with van der Waals surface area (Å²) in [7, 11) is 0. The van der Waals surface area contributed by atoms with Gasteiger partial charge >= 0.3 is 0 Å². The summed E-state index contributed by atoms with van der Waals surface area (Å²) in [6, 6.07) is 0. The SMILES string of the molecule is C=C(CN)C1(C)COC1. The lowest BCUT2D eigenvalue weighted by Crippen LogP contribution is -2.42. The van der Waals surface area contributed by atoms with E-state index in [1.807, 2.05) is 0 Å². The van der Waals surface area contributed by atoms with Crippen LogP contribution in [0, 0.1) is 5.41 Å². The van der Waals surface area contributed by atoms with Gasteiger partial charge in [0.1, 0.15) is 0 Å². The quantitative estimate of drug-likeness (QED) is 0.549. The summed E-state index contributed by atoms with van der Waals surface area (Å²) in [5, 5.41) is 0. The maximum absolute atomic E-state index is 5.41. The van der Waals surface area contributed by atoms with Crippen LogP contribution in [0.5, 0.6) is 0 Å². The van der Waals surface area contributed by atoms with Crippen LogP contribution in [0.2, 0.25) is 0 Å². The third-order valence-electron chi connectivity index (χ3n) is 1.94. The molecule has 9 heavy (non-hydrogen) atoms. The van der Waals surface area contributed by atoms with Crippen LogP contribution in [0.1, 0.15) is 6.92 Å². The van der Waals surface area contributed by atoms with E-state index in [0.29, 0.717) is 6.54 Å². The van der Waals surface area contributed by atoms with Crippen molar-refractivity contribution in [3.63, 3.8) is 0 Å². The zero-order valence-corrected chi connectivity index (χ0v) is 5.81. The molecule has 0 saturated carbocycles. The third-order valence-corrected chi connectivity index (χ3v) is 1.94. The van der Waals surface area contributed by atoms with Crippen molar-refractivity contribution in [1.82, 2.24) is 0 Å². The van der Waals surface area contributed by atoms with Crippen molar-refractivity contribution < 1.29 is 4.74 Å². The molecule has 0 atom stereocenters. The molecule has 1 rings (SSSR count). The molecule has 2 N–H and O–H groups in total. The van der Waals surface area contributed by atoms with Crippen molar-refractivity contribution in [2.24, 2.45) is 11.1 Å². The molecule has 2 nitrogen and oxygen atoms in total. The number of rotatable bonds is 2. The Bertz CT molecular complexity index is 127. The first kappa shape index (κ1) is 6.78. The predicted octanol–water partition coefficient (Wildman–Crippen LogP) is 0.538. The minimum atomic E-state index is 0.189. The molecule has 0 aromatic rings. The van der Waals surface area contributed by atoms with Crippen LogP contribution >= 0.6 is 0 Å². The minimum Gasteiger partial charge on any atom is -0.379 e. The maximum atomic E-state index is 5.41. The van der Waals surface area contributed by atoms with Crippen molar-refractivity contribution in [3.05, 3.63) is 12.2 Å². The Labute approximate surface area is 55.7 Å². The van der Waals surface area contributed by atoms with Gasteiger partial charge in [-0.25, -0.2) is 0 Å². The first-order chi connectivity index (χ1) is 4.19. The van der Waals surface area contributed by atoms with Gasteiger partial charge in [0.05, 0.1) is 13.2 Å². The predicted molar refractivity (Wildman–Crippen MR) is 37.1 cm³/mol. The van der Waals surface area contributed by atoms with Gasteiger partial charge in [-0.1, -0.05) is 19.1 Å². The van der Waals surface area contributed by atoms with E-state index < -0.39 is 0 Å². The van der Waals surface area contributed by atoms with Gasteiger partial charge in [0.25, 0.3) is 0 Å². The van der Waals surface area contributed by atoms with Crippen LogP contribution in [0.15, 0.2) is 12.2 Å². The monoisotopic (exact) mass is 127 g/mol. The molecule has 0 bridgehead atoms. The van der Waals surface area contributed by atoms with Gasteiger partial charge in [0.2, 0.25) is 0 Å². The first-order valence-electron chi connectivity index (χ1n) is 3.15. The molecule has 0 amide bonds. The van der Waals surface area contributed by atoms with E-state index in [-0.39, 0.29) is 5.41 Å². The second-order valence-corrected chi connectivity index (χ2v) is 2.86. The average molecular weight is 127 g/mol. The molecular formula is C7H13NO. The average Bonchev–Trinajstić information content (AvgIpc) is 1.81. The van der Waals surface area contributed by atoms with Gasteiger partial charge in [-0.3, -0.25) is 0 Å². The van der Waals surface area contributed by atoms with E-state index in [4.69, 9.17) is 10.5 Å². The molecule has 0 aromatic carbocycles. The summed E-state index contributed by atoms with van der Waals surface area (Å²) in [4.78, 5) is 0. The summed E-state index contributed by atoms with van der Waals surface area (Å²) >= 11 is 0. The molecule has 0 aromatic heterocycles. The molecule has 0 unspecified atom stereocenters. The summed E-state index contributed by atoms with van der Waals surface area (Å²) in [6.07, 6.45) is 0. The molecule has 0 aliphatic carbocycles. The van der Waals surface area contributed by atoms with Crippen LogP contribution < -0.4 is 5.73 Å². The second kappa shape index (κ2) is 2.12. The normalized spacial score (nSPS) is 22.9. The standard InChI is InChI=1S/C7H13NO/c1-6(3-8)7(2)4-9-5-7/h1,3-5,8H2,2H3. The Morgan fingerprint density at radius 1 is 1.78 bits per heavy atom. The lowest BCUT2D eigenvalue weighted by molar-refractivity contribution is -0.0780. The van der Waals surface area contributed by atoms with Crippen LogP contribution in [-0.2, 0) is 4.74 Å². The Kier molecular flexibility index (Phi) is 1.60. The molecule has 1 aliphatic heterocycles. The molecular weight excluding hydrogens is 114 g/mol. The van der Waals surface area contributed by atoms with Gasteiger partial charge in [-0.2, -0.15) is 0 Å². The molecule has 1 saturated heterocycles. The fourth-order valence-electron chi connectivity index (χ4n) is 0.859. The second-order valence-electron chi connectivity index (χ2n) is 2.86. The van der Waals surface area contributed by atoms with Gasteiger partial charge in [0.15, 0.2) is 0 Å². The number of hydrogen-bond acceptors (Lipinski definition) is 2.